The van der Waals surface area contributed by atoms with Gasteiger partial charge in [0.15, 0.2) is 6.29 Å². The third kappa shape index (κ3) is 6.57. The Kier molecular flexibility index (Phi) is 8.80. The van der Waals surface area contributed by atoms with E-state index in [1.165, 1.54) is 19.1 Å². The van der Waals surface area contributed by atoms with Crippen molar-refractivity contribution < 1.29 is 32.5 Å². The first-order valence-corrected chi connectivity index (χ1v) is 11.2. The summed E-state index contributed by atoms with van der Waals surface area (Å²) >= 11 is 0. The predicted molar refractivity (Wildman–Crippen MR) is 115 cm³/mol. The zero-order valence-corrected chi connectivity index (χ0v) is 18.7. The highest BCUT2D eigenvalue weighted by atomic mass is 19.1. The molecule has 1 saturated heterocycles. The van der Waals surface area contributed by atoms with Crippen LogP contribution in [0.2, 0.25) is 0 Å². The van der Waals surface area contributed by atoms with E-state index in [-0.39, 0.29) is 31.9 Å². The molecule has 1 aliphatic heterocycles. The van der Waals surface area contributed by atoms with Crippen molar-refractivity contribution in [2.75, 3.05) is 39.8 Å². The fourth-order valence-electron chi connectivity index (χ4n) is 3.85. The smallest absolute Gasteiger partial charge is 0.172 e. The third-order valence-corrected chi connectivity index (χ3v) is 6.13. The van der Waals surface area contributed by atoms with Gasteiger partial charge in [0.25, 0.3) is 0 Å². The number of rotatable bonds is 12. The van der Waals surface area contributed by atoms with Gasteiger partial charge in [-0.25, -0.2) is 4.39 Å². The zero-order chi connectivity index (χ0) is 23.3. The Hall–Kier alpha value is -1.39. The molecule has 2 unspecified atom stereocenters. The molecule has 0 radical (unpaired) electrons. The first kappa shape index (κ1) is 25.2. The maximum atomic E-state index is 14.4. The highest BCUT2D eigenvalue weighted by Crippen LogP contribution is 2.33. The minimum atomic E-state index is -1.21. The number of halogens is 3. The van der Waals surface area contributed by atoms with Crippen LogP contribution in [-0.4, -0.2) is 69.3 Å². The van der Waals surface area contributed by atoms with Crippen molar-refractivity contribution in [1.29, 1.82) is 0 Å². The Bertz CT molecular complexity index is 733. The molecule has 1 aromatic carbocycles. The summed E-state index contributed by atoms with van der Waals surface area (Å²) in [7, 11) is 0. The van der Waals surface area contributed by atoms with Crippen molar-refractivity contribution in [2.45, 2.75) is 57.0 Å². The number of hydrogen-bond acceptors (Lipinski definition) is 6. The second kappa shape index (κ2) is 11.2. The van der Waals surface area contributed by atoms with Gasteiger partial charge in [-0.05, 0) is 43.4 Å². The van der Waals surface area contributed by atoms with Crippen molar-refractivity contribution in [1.82, 2.24) is 5.32 Å². The number of aliphatic hydroxyl groups is 1. The fourth-order valence-corrected chi connectivity index (χ4v) is 3.85. The van der Waals surface area contributed by atoms with E-state index in [9.17, 15) is 18.3 Å². The molecule has 1 aliphatic carbocycles. The standard InChI is InChI=1S/C23H35F3N2O4/c1-14-22(32-13-23(2,11-24)12-25)31-10-20(28-14)21(19(27)8-29)16-5-17(26)7-18(6-16)30-9-15-3-4-15/h5-7,14-15,19-22,28-29H,3-4,8-13,27H2,1-2H3/t14-,19?,20-,21?,22-/m0/s1. The van der Waals surface area contributed by atoms with Crippen LogP contribution in [0.1, 0.15) is 38.2 Å². The second-order valence-electron chi connectivity index (χ2n) is 9.50. The van der Waals surface area contributed by atoms with E-state index >= 15 is 0 Å². The molecule has 0 spiro atoms. The fraction of sp³-hybridized carbons (Fsp3) is 0.739. The molecule has 0 aromatic heterocycles. The Labute approximate surface area is 187 Å². The summed E-state index contributed by atoms with van der Waals surface area (Å²) in [6, 6.07) is 3.18. The Morgan fingerprint density at radius 1 is 1.28 bits per heavy atom. The number of ether oxygens (including phenoxy) is 3. The van der Waals surface area contributed by atoms with Gasteiger partial charge >= 0.3 is 0 Å². The number of hydrogen-bond donors (Lipinski definition) is 3. The van der Waals surface area contributed by atoms with Crippen LogP contribution in [0.25, 0.3) is 0 Å². The number of nitrogens with two attached hydrogens (primary N) is 1. The molecule has 0 bridgehead atoms. The molecule has 0 amide bonds. The molecule has 1 heterocycles. The van der Waals surface area contributed by atoms with Crippen LogP contribution in [0.4, 0.5) is 13.2 Å². The molecule has 4 N–H and O–H groups in total. The molecule has 2 fully saturated rings. The summed E-state index contributed by atoms with van der Waals surface area (Å²) in [6.07, 6.45) is 1.56. The summed E-state index contributed by atoms with van der Waals surface area (Å²) in [5.41, 5.74) is 5.62. The third-order valence-electron chi connectivity index (χ3n) is 6.13. The zero-order valence-electron chi connectivity index (χ0n) is 18.7. The van der Waals surface area contributed by atoms with Crippen LogP contribution in [0.15, 0.2) is 18.2 Å². The number of nitrogens with one attached hydrogen (secondary N) is 1. The molecule has 1 aromatic rings. The normalized spacial score (nSPS) is 26.0. The molecule has 182 valence electrons. The summed E-state index contributed by atoms with van der Waals surface area (Å²) in [5.74, 6) is 0.0697. The van der Waals surface area contributed by atoms with E-state index < -0.39 is 42.8 Å². The maximum absolute atomic E-state index is 14.4. The molecular weight excluding hydrogens is 425 g/mol. The lowest BCUT2D eigenvalue weighted by Crippen LogP contribution is -2.58. The lowest BCUT2D eigenvalue weighted by molar-refractivity contribution is -0.200. The SMILES string of the molecule is C[C@@H]1N[C@H](C(c2cc(F)cc(OCC3CC3)c2)C(N)CO)CO[C@H]1OCC(C)(CF)CF. The highest BCUT2D eigenvalue weighted by molar-refractivity contribution is 5.34. The van der Waals surface area contributed by atoms with Crippen LogP contribution in [0.3, 0.4) is 0 Å². The van der Waals surface area contributed by atoms with Gasteiger partial charge in [-0.1, -0.05) is 6.92 Å². The van der Waals surface area contributed by atoms with E-state index in [0.29, 0.717) is 23.8 Å². The second-order valence-corrected chi connectivity index (χ2v) is 9.50. The first-order valence-electron chi connectivity index (χ1n) is 11.2. The molecule has 32 heavy (non-hydrogen) atoms. The van der Waals surface area contributed by atoms with Crippen molar-refractivity contribution in [3.05, 3.63) is 29.6 Å². The van der Waals surface area contributed by atoms with E-state index in [0.717, 1.165) is 12.8 Å². The van der Waals surface area contributed by atoms with Crippen molar-refractivity contribution >= 4 is 0 Å². The van der Waals surface area contributed by atoms with Gasteiger partial charge in [-0.15, -0.1) is 0 Å². The maximum Gasteiger partial charge on any atom is 0.172 e. The van der Waals surface area contributed by atoms with Crippen molar-refractivity contribution in [2.24, 2.45) is 17.1 Å². The van der Waals surface area contributed by atoms with Crippen LogP contribution in [0.5, 0.6) is 5.75 Å². The Morgan fingerprint density at radius 2 is 2.00 bits per heavy atom. The molecule has 3 rings (SSSR count). The predicted octanol–water partition coefficient (Wildman–Crippen LogP) is 2.68. The number of aliphatic hydroxyl groups excluding tert-OH is 1. The van der Waals surface area contributed by atoms with Gasteiger partial charge in [0.2, 0.25) is 0 Å². The summed E-state index contributed by atoms with van der Waals surface area (Å²) < 4.78 is 57.8. The largest absolute Gasteiger partial charge is 0.493 e. The van der Waals surface area contributed by atoms with Gasteiger partial charge in [0.05, 0.1) is 45.8 Å². The summed E-state index contributed by atoms with van der Waals surface area (Å²) in [4.78, 5) is 0. The van der Waals surface area contributed by atoms with Crippen LogP contribution < -0.4 is 15.8 Å². The highest BCUT2D eigenvalue weighted by Gasteiger charge is 2.38. The minimum absolute atomic E-state index is 0.119. The van der Waals surface area contributed by atoms with E-state index in [1.807, 2.05) is 6.92 Å². The van der Waals surface area contributed by atoms with Crippen LogP contribution >= 0.6 is 0 Å². The molecule has 5 atom stereocenters. The quantitative estimate of drug-likeness (QED) is 0.445. The number of morpholine rings is 1. The first-order chi connectivity index (χ1) is 15.3. The molecule has 2 aliphatic rings. The summed E-state index contributed by atoms with van der Waals surface area (Å²) in [6.45, 7) is 1.94. The van der Waals surface area contributed by atoms with Gasteiger partial charge in [-0.3, -0.25) is 8.78 Å². The minimum Gasteiger partial charge on any atom is -0.493 e. The number of alkyl halides is 2. The van der Waals surface area contributed by atoms with Gasteiger partial charge < -0.3 is 30.4 Å². The average molecular weight is 461 g/mol. The van der Waals surface area contributed by atoms with Crippen LogP contribution in [0, 0.1) is 17.2 Å². The molecule has 1 saturated carbocycles. The average Bonchev–Trinajstić information content (AvgIpc) is 3.61. The van der Waals surface area contributed by atoms with Gasteiger partial charge in [0, 0.05) is 29.5 Å². The molecule has 6 nitrogen and oxygen atoms in total. The Morgan fingerprint density at radius 3 is 2.59 bits per heavy atom. The van der Waals surface area contributed by atoms with Crippen LogP contribution in [-0.2, 0) is 9.47 Å². The van der Waals surface area contributed by atoms with Crippen molar-refractivity contribution in [3.8, 4) is 5.75 Å². The van der Waals surface area contributed by atoms with Gasteiger partial charge in [-0.2, -0.15) is 0 Å². The van der Waals surface area contributed by atoms with Gasteiger partial charge in [0.1, 0.15) is 11.6 Å². The van der Waals surface area contributed by atoms with E-state index in [2.05, 4.69) is 5.32 Å². The molecule has 9 heteroatoms. The monoisotopic (exact) mass is 460 g/mol. The van der Waals surface area contributed by atoms with E-state index in [1.54, 1.807) is 6.07 Å². The molecular formula is C23H35F3N2O4. The summed E-state index contributed by atoms with van der Waals surface area (Å²) in [5, 5.41) is 13.1. The Balaban J connectivity index is 1.69. The topological polar surface area (TPSA) is 86.0 Å². The lowest BCUT2D eigenvalue weighted by Gasteiger charge is -2.41. The van der Waals surface area contributed by atoms with E-state index in [4.69, 9.17) is 19.9 Å². The lowest BCUT2D eigenvalue weighted by atomic mass is 9.84. The van der Waals surface area contributed by atoms with Crippen molar-refractivity contribution in [3.63, 3.8) is 0 Å². The number of benzene rings is 1.